The Kier molecular flexibility index (Phi) is 3.79. The lowest BCUT2D eigenvalue weighted by Crippen LogP contribution is -2.28. The molecule has 1 spiro atoms. The first-order chi connectivity index (χ1) is 8.15. The van der Waals surface area contributed by atoms with Crippen molar-refractivity contribution >= 4 is 34.8 Å². The zero-order valence-electron chi connectivity index (χ0n) is 10.0. The summed E-state index contributed by atoms with van der Waals surface area (Å²) in [6.07, 6.45) is 3.65. The maximum absolute atomic E-state index is 11.3. The molecular formula is C11H17ClN4OS. The number of halogens is 1. The number of nitrogen functional groups attached to an aromatic ring is 1. The minimum atomic E-state index is 0. The molecular weight excluding hydrogens is 272 g/mol. The van der Waals surface area contributed by atoms with Crippen LogP contribution in [0.2, 0.25) is 0 Å². The molecule has 2 fully saturated rings. The number of aromatic nitrogens is 1. The lowest BCUT2D eigenvalue weighted by Gasteiger charge is -2.21. The summed E-state index contributed by atoms with van der Waals surface area (Å²) in [6, 6.07) is 0. The molecule has 0 radical (unpaired) electrons. The Morgan fingerprint density at radius 3 is 3.06 bits per heavy atom. The smallest absolute Gasteiger partial charge is 0.220 e. The maximum atomic E-state index is 11.3. The van der Waals surface area contributed by atoms with Crippen LogP contribution in [0.1, 0.15) is 17.7 Å². The van der Waals surface area contributed by atoms with Gasteiger partial charge in [-0.25, -0.2) is 4.98 Å². The topological polar surface area (TPSA) is 71.2 Å². The van der Waals surface area contributed by atoms with Gasteiger partial charge in [-0.15, -0.1) is 23.7 Å². The Hall–Kier alpha value is -0.850. The molecule has 1 unspecified atom stereocenters. The number of hydrogen-bond acceptors (Lipinski definition) is 5. The predicted octanol–water partition coefficient (Wildman–Crippen LogP) is 0.859. The van der Waals surface area contributed by atoms with Crippen molar-refractivity contribution in [3.8, 4) is 0 Å². The average molecular weight is 289 g/mol. The van der Waals surface area contributed by atoms with E-state index in [-0.39, 0.29) is 23.7 Å². The van der Waals surface area contributed by atoms with Crippen LogP contribution in [0.15, 0.2) is 6.20 Å². The lowest BCUT2D eigenvalue weighted by atomic mass is 9.86. The summed E-state index contributed by atoms with van der Waals surface area (Å²) < 4.78 is 0. The number of anilines is 1. The van der Waals surface area contributed by atoms with Crippen LogP contribution in [0.25, 0.3) is 0 Å². The van der Waals surface area contributed by atoms with E-state index in [0.29, 0.717) is 11.6 Å². The van der Waals surface area contributed by atoms with Crippen molar-refractivity contribution in [3.63, 3.8) is 0 Å². The van der Waals surface area contributed by atoms with Crippen LogP contribution >= 0.6 is 23.7 Å². The minimum absolute atomic E-state index is 0. The molecule has 1 aromatic rings. The van der Waals surface area contributed by atoms with Gasteiger partial charge >= 0.3 is 0 Å². The number of nitrogens with zero attached hydrogens (tertiary/aromatic N) is 2. The third-order valence-corrected chi connectivity index (χ3v) is 4.48. The molecule has 0 aromatic carbocycles. The highest BCUT2D eigenvalue weighted by Crippen LogP contribution is 2.37. The van der Waals surface area contributed by atoms with Crippen molar-refractivity contribution in [1.29, 1.82) is 0 Å². The Morgan fingerprint density at radius 2 is 2.44 bits per heavy atom. The molecule has 0 aliphatic carbocycles. The minimum Gasteiger partial charge on any atom is -0.375 e. The van der Waals surface area contributed by atoms with Gasteiger partial charge in [0.05, 0.1) is 0 Å². The highest BCUT2D eigenvalue weighted by molar-refractivity contribution is 7.15. The van der Waals surface area contributed by atoms with Gasteiger partial charge in [-0.2, -0.15) is 0 Å². The number of likely N-dealkylation sites (tertiary alicyclic amines) is 1. The van der Waals surface area contributed by atoms with Gasteiger partial charge < -0.3 is 11.1 Å². The zero-order valence-corrected chi connectivity index (χ0v) is 11.6. The summed E-state index contributed by atoms with van der Waals surface area (Å²) in [4.78, 5) is 19.0. The Morgan fingerprint density at radius 1 is 1.61 bits per heavy atom. The normalized spacial score (nSPS) is 27.4. The number of nitrogens with two attached hydrogens (primary N) is 1. The third kappa shape index (κ3) is 2.60. The Labute approximate surface area is 116 Å². The van der Waals surface area contributed by atoms with E-state index in [4.69, 9.17) is 5.73 Å². The van der Waals surface area contributed by atoms with E-state index in [1.807, 2.05) is 6.20 Å². The van der Waals surface area contributed by atoms with Gasteiger partial charge in [0.25, 0.3) is 0 Å². The fourth-order valence-corrected chi connectivity index (χ4v) is 3.55. The number of nitrogens with one attached hydrogen (secondary N) is 1. The highest BCUT2D eigenvalue weighted by atomic mass is 35.5. The van der Waals surface area contributed by atoms with E-state index in [9.17, 15) is 4.79 Å². The van der Waals surface area contributed by atoms with Crippen molar-refractivity contribution in [2.24, 2.45) is 5.41 Å². The molecule has 2 saturated heterocycles. The van der Waals surface area contributed by atoms with Gasteiger partial charge in [0, 0.05) is 42.5 Å². The second kappa shape index (κ2) is 5.03. The average Bonchev–Trinajstić information content (AvgIpc) is 2.94. The molecule has 18 heavy (non-hydrogen) atoms. The second-order valence-electron chi connectivity index (χ2n) is 5.08. The fraction of sp³-hybridized carbons (Fsp3) is 0.636. The van der Waals surface area contributed by atoms with E-state index in [1.54, 1.807) is 11.3 Å². The molecule has 0 bridgehead atoms. The van der Waals surface area contributed by atoms with Crippen LogP contribution in [0, 0.1) is 5.41 Å². The van der Waals surface area contributed by atoms with Gasteiger partial charge in [0.2, 0.25) is 5.91 Å². The first kappa shape index (κ1) is 13.6. The van der Waals surface area contributed by atoms with Crippen LogP contribution < -0.4 is 11.1 Å². The molecule has 3 heterocycles. The summed E-state index contributed by atoms with van der Waals surface area (Å²) in [6.45, 7) is 3.81. The Bertz CT molecular complexity index is 452. The molecule has 1 amide bonds. The number of carbonyl (C=O) groups is 1. The zero-order chi connectivity index (χ0) is 11.9. The van der Waals surface area contributed by atoms with E-state index in [2.05, 4.69) is 15.2 Å². The highest BCUT2D eigenvalue weighted by Gasteiger charge is 2.43. The summed E-state index contributed by atoms with van der Waals surface area (Å²) >= 11 is 1.55. The van der Waals surface area contributed by atoms with Crippen molar-refractivity contribution in [2.45, 2.75) is 19.4 Å². The molecule has 3 rings (SSSR count). The molecule has 2 aliphatic rings. The molecule has 3 N–H and O–H groups in total. The quantitative estimate of drug-likeness (QED) is 0.847. The SMILES string of the molecule is Cl.Nc1ncc(CN2CCC3(CNC(=O)C3)C2)s1. The maximum Gasteiger partial charge on any atom is 0.220 e. The molecule has 7 heteroatoms. The predicted molar refractivity (Wildman–Crippen MR) is 73.7 cm³/mol. The largest absolute Gasteiger partial charge is 0.375 e. The van der Waals surface area contributed by atoms with Gasteiger partial charge in [-0.05, 0) is 13.0 Å². The van der Waals surface area contributed by atoms with Crippen LogP contribution in [-0.4, -0.2) is 35.4 Å². The first-order valence-electron chi connectivity index (χ1n) is 5.85. The molecule has 1 aromatic heterocycles. The molecule has 1 atom stereocenters. The first-order valence-corrected chi connectivity index (χ1v) is 6.66. The fourth-order valence-electron chi connectivity index (χ4n) is 2.82. The second-order valence-corrected chi connectivity index (χ2v) is 6.23. The van der Waals surface area contributed by atoms with Crippen LogP contribution in [0.3, 0.4) is 0 Å². The number of rotatable bonds is 2. The lowest BCUT2D eigenvalue weighted by molar-refractivity contribution is -0.119. The molecule has 0 saturated carbocycles. The number of hydrogen-bond donors (Lipinski definition) is 2. The van der Waals surface area contributed by atoms with E-state index in [1.165, 1.54) is 4.88 Å². The standard InChI is InChI=1S/C11H16N4OS.ClH/c12-10-13-4-8(17-10)5-15-2-1-11(7-15)3-9(16)14-6-11;/h4H,1-3,5-7H2,(H2,12,13)(H,14,16);1H. The van der Waals surface area contributed by atoms with Crippen LogP contribution in [0.4, 0.5) is 5.13 Å². The van der Waals surface area contributed by atoms with E-state index < -0.39 is 0 Å². The summed E-state index contributed by atoms with van der Waals surface area (Å²) in [5, 5.41) is 3.58. The van der Waals surface area contributed by atoms with Crippen molar-refractivity contribution in [1.82, 2.24) is 15.2 Å². The Balaban J connectivity index is 0.00000120. The van der Waals surface area contributed by atoms with Gasteiger partial charge in [0.1, 0.15) is 0 Å². The molecule has 2 aliphatic heterocycles. The van der Waals surface area contributed by atoms with Crippen molar-refractivity contribution in [3.05, 3.63) is 11.1 Å². The summed E-state index contributed by atoms with van der Waals surface area (Å²) in [5.74, 6) is 0.203. The third-order valence-electron chi connectivity index (χ3n) is 3.66. The monoisotopic (exact) mass is 288 g/mol. The van der Waals surface area contributed by atoms with E-state index in [0.717, 1.165) is 32.6 Å². The molecule has 100 valence electrons. The molecule has 5 nitrogen and oxygen atoms in total. The van der Waals surface area contributed by atoms with E-state index >= 15 is 0 Å². The van der Waals surface area contributed by atoms with Gasteiger partial charge in [0.15, 0.2) is 5.13 Å². The van der Waals surface area contributed by atoms with Gasteiger partial charge in [-0.1, -0.05) is 0 Å². The summed E-state index contributed by atoms with van der Waals surface area (Å²) in [5.41, 5.74) is 5.81. The van der Waals surface area contributed by atoms with Crippen LogP contribution in [-0.2, 0) is 11.3 Å². The number of carbonyl (C=O) groups excluding carboxylic acids is 1. The number of thiazole rings is 1. The number of amides is 1. The summed E-state index contributed by atoms with van der Waals surface area (Å²) in [7, 11) is 0. The van der Waals surface area contributed by atoms with Gasteiger partial charge in [-0.3, -0.25) is 9.69 Å². The van der Waals surface area contributed by atoms with Crippen molar-refractivity contribution < 1.29 is 4.79 Å². The van der Waals surface area contributed by atoms with Crippen molar-refractivity contribution in [2.75, 3.05) is 25.4 Å². The van der Waals surface area contributed by atoms with Crippen LogP contribution in [0.5, 0.6) is 0 Å².